The van der Waals surface area contributed by atoms with Crippen LogP contribution in [-0.4, -0.2) is 68.2 Å². The summed E-state index contributed by atoms with van der Waals surface area (Å²) in [6.07, 6.45) is 8.28. The van der Waals surface area contributed by atoms with Gasteiger partial charge in [-0.15, -0.1) is 0 Å². The van der Waals surface area contributed by atoms with E-state index in [1.54, 1.807) is 0 Å². The maximum atomic E-state index is 12.4. The summed E-state index contributed by atoms with van der Waals surface area (Å²) in [6.45, 7) is 7.59. The summed E-state index contributed by atoms with van der Waals surface area (Å²) < 4.78 is 31.7. The van der Waals surface area contributed by atoms with Crippen molar-refractivity contribution in [2.24, 2.45) is 17.8 Å². The van der Waals surface area contributed by atoms with E-state index in [9.17, 15) is 13.2 Å². The molecule has 3 aromatic heterocycles. The number of aromatic nitrogens is 6. The van der Waals surface area contributed by atoms with Crippen molar-refractivity contribution >= 4 is 32.8 Å². The molecule has 0 radical (unpaired) electrons. The molecule has 0 amide bonds. The minimum Gasteiger partial charge on any atom is -0.365 e. The van der Waals surface area contributed by atoms with Gasteiger partial charge in [0.25, 0.3) is 0 Å². The monoisotopic (exact) mass is 558 g/mol. The first-order valence-electron chi connectivity index (χ1n) is 14.2. The molecule has 3 fully saturated rings. The summed E-state index contributed by atoms with van der Waals surface area (Å²) in [6, 6.07) is -0.0160. The summed E-state index contributed by atoms with van der Waals surface area (Å²) in [5.74, 6) is 3.07. The van der Waals surface area contributed by atoms with Crippen molar-refractivity contribution in [3.63, 3.8) is 0 Å². The van der Waals surface area contributed by atoms with E-state index in [0.29, 0.717) is 29.8 Å². The molecule has 12 nitrogen and oxygen atoms in total. The summed E-state index contributed by atoms with van der Waals surface area (Å²) in [7, 11) is -3.09. The van der Waals surface area contributed by atoms with Crippen molar-refractivity contribution in [2.45, 2.75) is 84.3 Å². The number of anilines is 2. The molecular formula is C26H38N8O4S. The summed E-state index contributed by atoms with van der Waals surface area (Å²) >= 11 is 0. The molecule has 4 heterocycles. The van der Waals surface area contributed by atoms with Crippen molar-refractivity contribution in [3.8, 4) is 11.6 Å². The molecule has 6 rings (SSSR count). The molecule has 2 aliphatic carbocycles. The quantitative estimate of drug-likeness (QED) is 0.442. The van der Waals surface area contributed by atoms with Crippen LogP contribution < -0.4 is 16.0 Å². The predicted octanol–water partition coefficient (Wildman–Crippen LogP) is 3.22. The molecule has 39 heavy (non-hydrogen) atoms. The van der Waals surface area contributed by atoms with E-state index in [1.807, 2.05) is 6.92 Å². The Labute approximate surface area is 227 Å². The number of sulfone groups is 1. The third-order valence-corrected chi connectivity index (χ3v) is 10.8. The highest BCUT2D eigenvalue weighted by Gasteiger charge is 2.34. The number of fused-ring (bicyclic) bond motifs is 1. The van der Waals surface area contributed by atoms with Gasteiger partial charge in [-0.05, 0) is 57.3 Å². The van der Waals surface area contributed by atoms with Crippen molar-refractivity contribution in [1.29, 1.82) is 0 Å². The Hall–Kier alpha value is -2.96. The number of aromatic amines is 1. The van der Waals surface area contributed by atoms with Crippen LogP contribution in [0.4, 0.5) is 11.8 Å². The maximum absolute atomic E-state index is 12.4. The number of hydrogen-bond acceptors (Lipinski definition) is 10. The van der Waals surface area contributed by atoms with Gasteiger partial charge in [-0.25, -0.2) is 23.2 Å². The van der Waals surface area contributed by atoms with Crippen LogP contribution in [0, 0.1) is 17.8 Å². The van der Waals surface area contributed by atoms with E-state index >= 15 is 0 Å². The molecule has 212 valence electrons. The Bertz CT molecular complexity index is 1500. The number of H-pyrrole nitrogens is 1. The molecule has 0 aromatic carbocycles. The molecular weight excluding hydrogens is 520 g/mol. The Kier molecular flexibility index (Phi) is 6.88. The van der Waals surface area contributed by atoms with Crippen molar-refractivity contribution in [1.82, 2.24) is 29.7 Å². The average molecular weight is 559 g/mol. The highest BCUT2D eigenvalue weighted by atomic mass is 32.2. The Morgan fingerprint density at radius 2 is 1.87 bits per heavy atom. The number of rotatable bonds is 7. The minimum absolute atomic E-state index is 0.0953. The van der Waals surface area contributed by atoms with Crippen molar-refractivity contribution < 1.29 is 12.9 Å². The van der Waals surface area contributed by atoms with E-state index < -0.39 is 15.6 Å². The standard InChI is InChI=1S/C26H38N8O4S/c1-15-7-9-18(10-8-15)13-34-20-21(27-17(3)19-5-4-6-19)28-23(24-31-26(35)38-32-24)29-22(20)30-25(34)33-11-12-39(36,37)14-16(33)2/h15-19H,4-14H2,1-3H3,(H,27,28,29)(H,31,32,35)/t15?,16?,17-,18?/m1/s1. The van der Waals surface area contributed by atoms with Crippen LogP contribution in [0.1, 0.15) is 65.7 Å². The van der Waals surface area contributed by atoms with Crippen LogP contribution in [0.3, 0.4) is 0 Å². The van der Waals surface area contributed by atoms with Crippen LogP contribution in [-0.2, 0) is 16.4 Å². The first kappa shape index (κ1) is 26.3. The largest absolute Gasteiger partial charge is 0.439 e. The van der Waals surface area contributed by atoms with Gasteiger partial charge in [0.2, 0.25) is 17.6 Å². The van der Waals surface area contributed by atoms with Crippen molar-refractivity contribution in [2.75, 3.05) is 28.3 Å². The second-order valence-corrected chi connectivity index (χ2v) is 14.2. The van der Waals surface area contributed by atoms with Crippen LogP contribution >= 0.6 is 0 Å². The van der Waals surface area contributed by atoms with E-state index in [4.69, 9.17) is 19.5 Å². The third-order valence-electron chi connectivity index (χ3n) is 8.96. The minimum atomic E-state index is -3.09. The van der Waals surface area contributed by atoms with Gasteiger partial charge in [0.05, 0.1) is 11.5 Å². The fraction of sp³-hybridized carbons (Fsp3) is 0.731. The molecule has 2 atom stereocenters. The van der Waals surface area contributed by atoms with Crippen LogP contribution in [0.2, 0.25) is 0 Å². The van der Waals surface area contributed by atoms with Gasteiger partial charge >= 0.3 is 5.76 Å². The topological polar surface area (TPSA) is 152 Å². The Morgan fingerprint density at radius 3 is 2.51 bits per heavy atom. The zero-order valence-corrected chi connectivity index (χ0v) is 23.7. The number of imidazole rings is 1. The van der Waals surface area contributed by atoms with Gasteiger partial charge in [0, 0.05) is 25.2 Å². The molecule has 0 spiro atoms. The van der Waals surface area contributed by atoms with E-state index in [-0.39, 0.29) is 35.2 Å². The molecule has 13 heteroatoms. The van der Waals surface area contributed by atoms with Gasteiger partial charge in [-0.1, -0.05) is 31.3 Å². The zero-order valence-electron chi connectivity index (χ0n) is 22.9. The molecule has 1 saturated heterocycles. The molecule has 3 aromatic rings. The molecule has 2 saturated carbocycles. The number of hydrogen-bond donors (Lipinski definition) is 2. The maximum Gasteiger partial charge on any atom is 0.439 e. The summed E-state index contributed by atoms with van der Waals surface area (Å²) in [4.78, 5) is 30.9. The molecule has 0 bridgehead atoms. The SMILES string of the molecule is CC1CCC(Cn2c(N3CCS(=O)(=O)CC3C)nc3nc(-c4noc(=O)[nH]4)nc(N[C@H](C)C4CCC4)c32)CC1. The lowest BCUT2D eigenvalue weighted by molar-refractivity contribution is 0.266. The fourth-order valence-electron chi connectivity index (χ4n) is 6.29. The summed E-state index contributed by atoms with van der Waals surface area (Å²) in [5, 5.41) is 7.47. The average Bonchev–Trinajstić information content (AvgIpc) is 3.42. The van der Waals surface area contributed by atoms with Gasteiger partial charge in [0.1, 0.15) is 5.52 Å². The lowest BCUT2D eigenvalue weighted by atomic mass is 9.80. The molecule has 3 aliphatic rings. The van der Waals surface area contributed by atoms with Gasteiger partial charge in [-0.2, -0.15) is 4.98 Å². The van der Waals surface area contributed by atoms with Crippen LogP contribution in [0.5, 0.6) is 0 Å². The summed E-state index contributed by atoms with van der Waals surface area (Å²) in [5.41, 5.74) is 1.30. The van der Waals surface area contributed by atoms with Crippen molar-refractivity contribution in [3.05, 3.63) is 10.6 Å². The lowest BCUT2D eigenvalue weighted by Crippen LogP contribution is -2.48. The molecule has 1 aliphatic heterocycles. The Morgan fingerprint density at radius 1 is 1.10 bits per heavy atom. The Balaban J connectivity index is 1.48. The smallest absolute Gasteiger partial charge is 0.365 e. The predicted molar refractivity (Wildman–Crippen MR) is 148 cm³/mol. The van der Waals surface area contributed by atoms with E-state index in [2.05, 4.69) is 38.8 Å². The van der Waals surface area contributed by atoms with Gasteiger partial charge in [0.15, 0.2) is 21.3 Å². The first-order valence-corrected chi connectivity index (χ1v) is 16.1. The second-order valence-electron chi connectivity index (χ2n) is 11.9. The third kappa shape index (κ3) is 5.29. The zero-order chi connectivity index (χ0) is 27.3. The fourth-order valence-corrected chi connectivity index (χ4v) is 7.84. The van der Waals surface area contributed by atoms with Gasteiger partial charge < -0.3 is 14.8 Å². The highest BCUT2D eigenvalue weighted by molar-refractivity contribution is 7.91. The number of nitrogens with one attached hydrogen (secondary N) is 2. The highest BCUT2D eigenvalue weighted by Crippen LogP contribution is 2.37. The molecule has 1 unspecified atom stereocenters. The number of nitrogens with zero attached hydrogens (tertiary/aromatic N) is 6. The van der Waals surface area contributed by atoms with E-state index in [1.165, 1.54) is 32.1 Å². The van der Waals surface area contributed by atoms with Crippen LogP contribution in [0.25, 0.3) is 22.8 Å². The second kappa shape index (κ2) is 10.2. The van der Waals surface area contributed by atoms with E-state index in [0.717, 1.165) is 36.8 Å². The normalized spacial score (nSPS) is 26.4. The van der Waals surface area contributed by atoms with Gasteiger partial charge in [-0.3, -0.25) is 9.51 Å². The first-order chi connectivity index (χ1) is 18.7. The van der Waals surface area contributed by atoms with Crippen LogP contribution in [0.15, 0.2) is 9.32 Å². The molecule has 2 N–H and O–H groups in total. The lowest BCUT2D eigenvalue weighted by Gasteiger charge is -2.35.